The van der Waals surface area contributed by atoms with Crippen molar-refractivity contribution in [1.82, 2.24) is 25.1 Å². The van der Waals surface area contributed by atoms with Crippen LogP contribution in [-0.4, -0.2) is 39.4 Å². The first kappa shape index (κ1) is 23.4. The Labute approximate surface area is 209 Å². The van der Waals surface area contributed by atoms with Crippen LogP contribution in [0.2, 0.25) is 0 Å². The van der Waals surface area contributed by atoms with E-state index in [1.54, 1.807) is 30.6 Å². The summed E-state index contributed by atoms with van der Waals surface area (Å²) in [6.45, 7) is 10.3. The van der Waals surface area contributed by atoms with Gasteiger partial charge in [0.25, 0.3) is 5.56 Å². The van der Waals surface area contributed by atoms with Gasteiger partial charge in [0, 0.05) is 11.6 Å². The molecule has 180 valence electrons. The van der Waals surface area contributed by atoms with Crippen molar-refractivity contribution in [2.45, 2.75) is 19.4 Å². The maximum atomic E-state index is 12.5. The number of hydrogen-bond donors (Lipinski definition) is 1. The van der Waals surface area contributed by atoms with Crippen molar-refractivity contribution in [2.75, 3.05) is 19.7 Å². The Morgan fingerprint density at radius 1 is 1.00 bits per heavy atom. The minimum absolute atomic E-state index is 0.197. The van der Waals surface area contributed by atoms with Crippen LogP contribution in [0.5, 0.6) is 5.75 Å². The summed E-state index contributed by atoms with van der Waals surface area (Å²) in [5.41, 5.74) is 3.52. The lowest BCUT2D eigenvalue weighted by Crippen LogP contribution is -2.30. The molecular weight excluding hydrogens is 452 g/mol. The quantitative estimate of drug-likeness (QED) is 0.398. The Morgan fingerprint density at radius 3 is 2.58 bits per heavy atom. The normalized spacial score (nSPS) is 13.8. The monoisotopic (exact) mass is 478 g/mol. The lowest BCUT2D eigenvalue weighted by molar-refractivity contribution is 0.214. The summed E-state index contributed by atoms with van der Waals surface area (Å²) < 4.78 is 7.33. The van der Waals surface area contributed by atoms with E-state index in [1.165, 1.54) is 10.7 Å². The van der Waals surface area contributed by atoms with Crippen LogP contribution < -0.4 is 15.6 Å². The van der Waals surface area contributed by atoms with Crippen LogP contribution in [0.4, 0.5) is 5.69 Å². The molecule has 0 saturated carbocycles. The molecule has 0 atom stereocenters. The minimum atomic E-state index is -0.197. The third-order valence-electron chi connectivity index (χ3n) is 6.23. The minimum Gasteiger partial charge on any atom is -0.490 e. The predicted octanol–water partition coefficient (Wildman–Crippen LogP) is 4.34. The first-order valence-electron chi connectivity index (χ1n) is 12.0. The second kappa shape index (κ2) is 10.9. The summed E-state index contributed by atoms with van der Waals surface area (Å²) in [5, 5.41) is 7.90. The molecule has 8 heteroatoms. The number of nitrogens with zero attached hydrogens (tertiary/aromatic N) is 5. The van der Waals surface area contributed by atoms with E-state index in [1.807, 2.05) is 36.4 Å². The molecular formula is C28H26N6O2. The Balaban J connectivity index is 1.30. The van der Waals surface area contributed by atoms with E-state index in [-0.39, 0.29) is 5.56 Å². The van der Waals surface area contributed by atoms with E-state index in [0.717, 1.165) is 42.6 Å². The summed E-state index contributed by atoms with van der Waals surface area (Å²) >= 11 is 0. The van der Waals surface area contributed by atoms with Gasteiger partial charge in [-0.3, -0.25) is 4.79 Å². The van der Waals surface area contributed by atoms with E-state index in [2.05, 4.69) is 25.2 Å². The fourth-order valence-electron chi connectivity index (χ4n) is 4.23. The Kier molecular flexibility index (Phi) is 7.10. The molecule has 0 aliphatic carbocycles. The molecule has 1 aliphatic heterocycles. The van der Waals surface area contributed by atoms with E-state index in [0.29, 0.717) is 42.0 Å². The van der Waals surface area contributed by atoms with Gasteiger partial charge in [-0.1, -0.05) is 36.4 Å². The number of aromatic nitrogens is 4. The zero-order valence-electron chi connectivity index (χ0n) is 19.8. The van der Waals surface area contributed by atoms with Crippen molar-refractivity contribution in [1.29, 1.82) is 0 Å². The van der Waals surface area contributed by atoms with Crippen molar-refractivity contribution in [3.63, 3.8) is 0 Å². The van der Waals surface area contributed by atoms with Gasteiger partial charge < -0.3 is 10.1 Å². The summed E-state index contributed by atoms with van der Waals surface area (Å²) in [5.74, 6) is 1.83. The number of benzene rings is 2. The first-order valence-corrected chi connectivity index (χ1v) is 12.0. The van der Waals surface area contributed by atoms with Crippen molar-refractivity contribution in [3.05, 3.63) is 100 Å². The van der Waals surface area contributed by atoms with Gasteiger partial charge in [0.05, 0.1) is 37.8 Å². The van der Waals surface area contributed by atoms with E-state index < -0.39 is 0 Å². The van der Waals surface area contributed by atoms with Crippen molar-refractivity contribution in [2.24, 2.45) is 5.92 Å². The van der Waals surface area contributed by atoms with Gasteiger partial charge in [-0.25, -0.2) is 19.5 Å². The highest BCUT2D eigenvalue weighted by Crippen LogP contribution is 2.23. The van der Waals surface area contributed by atoms with Gasteiger partial charge in [-0.05, 0) is 61.2 Å². The van der Waals surface area contributed by atoms with Gasteiger partial charge in [0.15, 0.2) is 17.3 Å². The summed E-state index contributed by atoms with van der Waals surface area (Å²) in [6, 6.07) is 18.2. The zero-order chi connectivity index (χ0) is 24.7. The molecule has 8 nitrogen and oxygen atoms in total. The maximum Gasteiger partial charge on any atom is 0.267 e. The molecule has 3 heterocycles. The van der Waals surface area contributed by atoms with Gasteiger partial charge in [-0.15, -0.1) is 0 Å². The summed E-state index contributed by atoms with van der Waals surface area (Å²) in [7, 11) is 0. The molecule has 4 aromatic rings. The number of hydrogen-bond acceptors (Lipinski definition) is 6. The largest absolute Gasteiger partial charge is 0.490 e. The highest BCUT2D eigenvalue weighted by Gasteiger charge is 2.14. The predicted molar refractivity (Wildman–Crippen MR) is 138 cm³/mol. The van der Waals surface area contributed by atoms with Crippen LogP contribution in [0.3, 0.4) is 0 Å². The number of rotatable bonds is 7. The summed E-state index contributed by atoms with van der Waals surface area (Å²) in [6.07, 6.45) is 5.67. The second-order valence-corrected chi connectivity index (χ2v) is 8.82. The molecule has 36 heavy (non-hydrogen) atoms. The lowest BCUT2D eigenvalue weighted by atomic mass is 9.99. The highest BCUT2D eigenvalue weighted by atomic mass is 16.5. The molecule has 0 amide bonds. The molecule has 1 saturated heterocycles. The Bertz CT molecular complexity index is 1440. The van der Waals surface area contributed by atoms with Crippen molar-refractivity contribution >= 4 is 5.69 Å². The fraction of sp³-hybridized carbons (Fsp3) is 0.250. The SMILES string of the molecule is [C-]#[N+]c1cccc(-c2ccc(=O)n(Cc3cccc(-c4ncc(OCC5CCNCC5)cn4)c3)n2)c1. The molecule has 5 rings (SSSR count). The number of piperidine rings is 1. The lowest BCUT2D eigenvalue weighted by Gasteiger charge is -2.22. The molecule has 2 aromatic heterocycles. The van der Waals surface area contributed by atoms with Gasteiger partial charge in [0.2, 0.25) is 0 Å². The van der Waals surface area contributed by atoms with E-state index in [4.69, 9.17) is 11.3 Å². The molecule has 1 N–H and O–H groups in total. The van der Waals surface area contributed by atoms with Crippen LogP contribution in [-0.2, 0) is 6.54 Å². The molecule has 0 radical (unpaired) electrons. The molecule has 0 unspecified atom stereocenters. The van der Waals surface area contributed by atoms with Crippen LogP contribution in [0, 0.1) is 12.5 Å². The average Bonchev–Trinajstić information content (AvgIpc) is 2.94. The average molecular weight is 479 g/mol. The number of nitrogens with one attached hydrogen (secondary N) is 1. The highest BCUT2D eigenvalue weighted by molar-refractivity contribution is 5.65. The van der Waals surface area contributed by atoms with Gasteiger partial charge in [0.1, 0.15) is 0 Å². The first-order chi connectivity index (χ1) is 17.7. The standard InChI is InChI=1S/C28H26N6O2/c1-29-24-7-3-5-22(15-24)26-8-9-27(35)34(33-26)18-21-4-2-6-23(14-21)28-31-16-25(17-32-28)36-19-20-10-12-30-13-11-20/h2-9,14-17,20,30H,10-13,18-19H2. The molecule has 0 spiro atoms. The molecule has 1 aliphatic rings. The molecule has 2 aromatic carbocycles. The maximum absolute atomic E-state index is 12.5. The Hall–Kier alpha value is -4.35. The van der Waals surface area contributed by atoms with Crippen molar-refractivity contribution < 1.29 is 4.74 Å². The molecule has 1 fully saturated rings. The van der Waals surface area contributed by atoms with Crippen LogP contribution >= 0.6 is 0 Å². The third-order valence-corrected chi connectivity index (χ3v) is 6.23. The fourth-order valence-corrected chi connectivity index (χ4v) is 4.23. The smallest absolute Gasteiger partial charge is 0.267 e. The topological polar surface area (TPSA) is 86.3 Å². The van der Waals surface area contributed by atoms with Crippen LogP contribution in [0.25, 0.3) is 27.5 Å². The number of ether oxygens (including phenoxy) is 1. The van der Waals surface area contributed by atoms with E-state index >= 15 is 0 Å². The van der Waals surface area contributed by atoms with Crippen LogP contribution in [0.1, 0.15) is 18.4 Å². The van der Waals surface area contributed by atoms with Crippen molar-refractivity contribution in [3.8, 4) is 28.4 Å². The third kappa shape index (κ3) is 5.65. The second-order valence-electron chi connectivity index (χ2n) is 8.82. The Morgan fingerprint density at radius 2 is 1.78 bits per heavy atom. The van der Waals surface area contributed by atoms with Gasteiger partial charge >= 0.3 is 0 Å². The zero-order valence-corrected chi connectivity index (χ0v) is 19.8. The summed E-state index contributed by atoms with van der Waals surface area (Å²) in [4.78, 5) is 25.0. The van der Waals surface area contributed by atoms with E-state index in [9.17, 15) is 4.79 Å². The van der Waals surface area contributed by atoms with Gasteiger partial charge in [-0.2, -0.15) is 5.10 Å². The van der Waals surface area contributed by atoms with Crippen LogP contribution in [0.15, 0.2) is 77.9 Å². The molecule has 0 bridgehead atoms.